The highest BCUT2D eigenvalue weighted by Crippen LogP contribution is 2.24. The molecule has 0 radical (unpaired) electrons. The first kappa shape index (κ1) is 16.0. The van der Waals surface area contributed by atoms with Gasteiger partial charge in [0, 0.05) is 12.0 Å². The SMILES string of the molecule is O=C(CC1C=CCC1)Nc1ccccc1NC(=O)c1ccccc1. The lowest BCUT2D eigenvalue weighted by molar-refractivity contribution is -0.116. The van der Waals surface area contributed by atoms with Crippen molar-refractivity contribution in [1.29, 1.82) is 0 Å². The number of anilines is 2. The number of allylic oxidation sites excluding steroid dienone is 2. The Balaban J connectivity index is 1.67. The second kappa shape index (κ2) is 7.59. The minimum absolute atomic E-state index is 0.0343. The van der Waals surface area contributed by atoms with E-state index in [9.17, 15) is 9.59 Å². The standard InChI is InChI=1S/C20H20N2O2/c23-19(14-15-8-4-5-9-15)21-17-12-6-7-13-18(17)22-20(24)16-10-2-1-3-11-16/h1-4,6-8,10-13,15H,5,9,14H2,(H,21,23)(H,22,24). The summed E-state index contributed by atoms with van der Waals surface area (Å²) in [5, 5.41) is 5.76. The number of benzene rings is 2. The van der Waals surface area contributed by atoms with E-state index in [1.54, 1.807) is 24.3 Å². The van der Waals surface area contributed by atoms with E-state index in [0.717, 1.165) is 12.8 Å². The molecule has 1 aliphatic rings. The minimum Gasteiger partial charge on any atom is -0.324 e. The Morgan fingerprint density at radius 1 is 0.917 bits per heavy atom. The van der Waals surface area contributed by atoms with Crippen LogP contribution in [0.5, 0.6) is 0 Å². The van der Waals surface area contributed by atoms with Gasteiger partial charge in [0.1, 0.15) is 0 Å². The molecule has 2 amide bonds. The van der Waals surface area contributed by atoms with E-state index in [0.29, 0.717) is 29.3 Å². The van der Waals surface area contributed by atoms with Gasteiger partial charge >= 0.3 is 0 Å². The van der Waals surface area contributed by atoms with E-state index >= 15 is 0 Å². The third kappa shape index (κ3) is 4.10. The zero-order valence-corrected chi connectivity index (χ0v) is 13.4. The number of carbonyl (C=O) groups is 2. The van der Waals surface area contributed by atoms with Crippen LogP contribution in [0.1, 0.15) is 29.6 Å². The van der Waals surface area contributed by atoms with Crippen LogP contribution in [0.3, 0.4) is 0 Å². The second-order valence-electron chi connectivity index (χ2n) is 5.88. The molecule has 4 nitrogen and oxygen atoms in total. The van der Waals surface area contributed by atoms with E-state index in [2.05, 4.69) is 22.8 Å². The van der Waals surface area contributed by atoms with Crippen molar-refractivity contribution < 1.29 is 9.59 Å². The van der Waals surface area contributed by atoms with Crippen molar-refractivity contribution in [2.45, 2.75) is 19.3 Å². The van der Waals surface area contributed by atoms with Gasteiger partial charge in [-0.25, -0.2) is 0 Å². The van der Waals surface area contributed by atoms with Crippen LogP contribution in [0.15, 0.2) is 66.7 Å². The normalized spacial score (nSPS) is 15.9. The zero-order valence-electron chi connectivity index (χ0n) is 13.4. The number of amides is 2. The molecule has 0 bridgehead atoms. The summed E-state index contributed by atoms with van der Waals surface area (Å²) in [4.78, 5) is 24.5. The van der Waals surface area contributed by atoms with Gasteiger partial charge in [0.15, 0.2) is 0 Å². The van der Waals surface area contributed by atoms with Crippen molar-refractivity contribution in [3.8, 4) is 0 Å². The summed E-state index contributed by atoms with van der Waals surface area (Å²) in [6, 6.07) is 16.2. The molecule has 4 heteroatoms. The fraction of sp³-hybridized carbons (Fsp3) is 0.200. The van der Waals surface area contributed by atoms with Crippen molar-refractivity contribution in [2.24, 2.45) is 5.92 Å². The molecular weight excluding hydrogens is 300 g/mol. The first-order chi connectivity index (χ1) is 11.7. The molecule has 0 spiro atoms. The topological polar surface area (TPSA) is 58.2 Å². The van der Waals surface area contributed by atoms with Gasteiger partial charge in [-0.15, -0.1) is 0 Å². The molecule has 0 saturated heterocycles. The lowest BCUT2D eigenvalue weighted by Crippen LogP contribution is -2.18. The summed E-state index contributed by atoms with van der Waals surface area (Å²) in [5.74, 6) is 0.0834. The first-order valence-electron chi connectivity index (χ1n) is 8.14. The van der Waals surface area contributed by atoms with Gasteiger partial charge in [0.05, 0.1) is 11.4 Å². The van der Waals surface area contributed by atoms with Crippen molar-refractivity contribution >= 4 is 23.2 Å². The van der Waals surface area contributed by atoms with Gasteiger partial charge in [-0.3, -0.25) is 9.59 Å². The average molecular weight is 320 g/mol. The van der Waals surface area contributed by atoms with Gasteiger partial charge in [0.2, 0.25) is 5.91 Å². The monoisotopic (exact) mass is 320 g/mol. The Morgan fingerprint density at radius 2 is 1.58 bits per heavy atom. The molecule has 0 aromatic heterocycles. The summed E-state index contributed by atoms with van der Waals surface area (Å²) >= 11 is 0. The van der Waals surface area contributed by atoms with Crippen LogP contribution in [0.4, 0.5) is 11.4 Å². The summed E-state index contributed by atoms with van der Waals surface area (Å²) in [5.41, 5.74) is 1.80. The van der Waals surface area contributed by atoms with Gasteiger partial charge in [-0.05, 0) is 43.0 Å². The Kier molecular flexibility index (Phi) is 5.06. The fourth-order valence-corrected chi connectivity index (χ4v) is 2.79. The van der Waals surface area contributed by atoms with Crippen LogP contribution in [-0.4, -0.2) is 11.8 Å². The summed E-state index contributed by atoms with van der Waals surface area (Å²) in [7, 11) is 0. The average Bonchev–Trinajstić information content (AvgIpc) is 3.10. The van der Waals surface area contributed by atoms with E-state index in [1.807, 2.05) is 30.3 Å². The van der Waals surface area contributed by atoms with Crippen LogP contribution in [0.25, 0.3) is 0 Å². The van der Waals surface area contributed by atoms with Gasteiger partial charge < -0.3 is 10.6 Å². The quantitative estimate of drug-likeness (QED) is 0.810. The number of nitrogens with one attached hydrogen (secondary N) is 2. The Hall–Kier alpha value is -2.88. The predicted octanol–water partition coefficient (Wildman–Crippen LogP) is 4.23. The van der Waals surface area contributed by atoms with Gasteiger partial charge in [-0.2, -0.15) is 0 Å². The third-order valence-electron chi connectivity index (χ3n) is 4.05. The maximum atomic E-state index is 12.3. The van der Waals surface area contributed by atoms with Crippen LogP contribution in [0.2, 0.25) is 0 Å². The van der Waals surface area contributed by atoms with Crippen molar-refractivity contribution in [2.75, 3.05) is 10.6 Å². The Bertz CT molecular complexity index is 753. The van der Waals surface area contributed by atoms with Crippen molar-refractivity contribution in [3.63, 3.8) is 0 Å². The maximum Gasteiger partial charge on any atom is 0.255 e. The molecule has 1 unspecified atom stereocenters. The van der Waals surface area contributed by atoms with Crippen LogP contribution < -0.4 is 10.6 Å². The van der Waals surface area contributed by atoms with E-state index in [4.69, 9.17) is 0 Å². The van der Waals surface area contributed by atoms with Crippen LogP contribution >= 0.6 is 0 Å². The Labute approximate surface area is 141 Å². The second-order valence-corrected chi connectivity index (χ2v) is 5.88. The molecule has 2 aromatic rings. The lowest BCUT2D eigenvalue weighted by atomic mass is 10.0. The van der Waals surface area contributed by atoms with Crippen LogP contribution in [-0.2, 0) is 4.79 Å². The number of para-hydroxylation sites is 2. The molecule has 1 atom stereocenters. The maximum absolute atomic E-state index is 12.3. The molecule has 122 valence electrons. The highest BCUT2D eigenvalue weighted by molar-refractivity contribution is 6.07. The molecule has 0 saturated carbocycles. The lowest BCUT2D eigenvalue weighted by Gasteiger charge is -2.13. The van der Waals surface area contributed by atoms with E-state index in [1.165, 1.54) is 0 Å². The third-order valence-corrected chi connectivity index (χ3v) is 4.05. The Morgan fingerprint density at radius 3 is 2.25 bits per heavy atom. The molecule has 2 N–H and O–H groups in total. The first-order valence-corrected chi connectivity index (χ1v) is 8.14. The number of rotatable bonds is 5. The summed E-state index contributed by atoms with van der Waals surface area (Å²) in [6.07, 6.45) is 6.76. The summed E-state index contributed by atoms with van der Waals surface area (Å²) in [6.45, 7) is 0. The van der Waals surface area contributed by atoms with E-state index < -0.39 is 0 Å². The van der Waals surface area contributed by atoms with Gasteiger partial charge in [-0.1, -0.05) is 42.5 Å². The largest absolute Gasteiger partial charge is 0.324 e. The minimum atomic E-state index is -0.198. The zero-order chi connectivity index (χ0) is 16.8. The smallest absolute Gasteiger partial charge is 0.255 e. The number of hydrogen-bond acceptors (Lipinski definition) is 2. The molecule has 1 aliphatic carbocycles. The van der Waals surface area contributed by atoms with E-state index in [-0.39, 0.29) is 11.8 Å². The molecule has 3 rings (SSSR count). The van der Waals surface area contributed by atoms with Gasteiger partial charge in [0.25, 0.3) is 5.91 Å². The molecule has 0 heterocycles. The highest BCUT2D eigenvalue weighted by Gasteiger charge is 2.15. The molecule has 24 heavy (non-hydrogen) atoms. The highest BCUT2D eigenvalue weighted by atomic mass is 16.2. The fourth-order valence-electron chi connectivity index (χ4n) is 2.79. The van der Waals surface area contributed by atoms with Crippen molar-refractivity contribution in [1.82, 2.24) is 0 Å². The summed E-state index contributed by atoms with van der Waals surface area (Å²) < 4.78 is 0. The van der Waals surface area contributed by atoms with Crippen LogP contribution in [0, 0.1) is 5.92 Å². The molecular formula is C20H20N2O2. The molecule has 0 fully saturated rings. The molecule has 2 aromatic carbocycles. The van der Waals surface area contributed by atoms with Crippen molar-refractivity contribution in [3.05, 3.63) is 72.3 Å². The predicted molar refractivity (Wildman–Crippen MR) is 95.9 cm³/mol. The molecule has 0 aliphatic heterocycles. The number of hydrogen-bond donors (Lipinski definition) is 2. The number of carbonyl (C=O) groups excluding carboxylic acids is 2.